The number of ether oxygens (including phenoxy) is 2. The van der Waals surface area contributed by atoms with Crippen LogP contribution in [0.25, 0.3) is 0 Å². The van der Waals surface area contributed by atoms with Gasteiger partial charge in [-0.05, 0) is 19.3 Å². The topological polar surface area (TPSA) is 18.5 Å². The molecule has 0 aromatic rings. The predicted molar refractivity (Wildman–Crippen MR) is 58.1 cm³/mol. The van der Waals surface area contributed by atoms with Crippen LogP contribution in [-0.4, -0.2) is 19.0 Å². The summed E-state index contributed by atoms with van der Waals surface area (Å²) in [5.41, 5.74) is 0. The molecule has 0 amide bonds. The zero-order valence-electron chi connectivity index (χ0n) is 9.58. The van der Waals surface area contributed by atoms with Crippen molar-refractivity contribution in [1.29, 1.82) is 0 Å². The maximum Gasteiger partial charge on any atom is 0.166 e. The summed E-state index contributed by atoms with van der Waals surface area (Å²) in [7, 11) is 0. The van der Waals surface area contributed by atoms with Gasteiger partial charge in [-0.1, -0.05) is 32.4 Å². The fourth-order valence-corrected chi connectivity index (χ4v) is 1.60. The van der Waals surface area contributed by atoms with Crippen molar-refractivity contribution in [2.24, 2.45) is 5.92 Å². The van der Waals surface area contributed by atoms with Crippen molar-refractivity contribution < 1.29 is 9.47 Å². The molecule has 2 nitrogen and oxygen atoms in total. The van der Waals surface area contributed by atoms with Crippen LogP contribution in [0.3, 0.4) is 0 Å². The second kappa shape index (κ2) is 5.52. The molecule has 2 heteroatoms. The van der Waals surface area contributed by atoms with Crippen molar-refractivity contribution in [3.8, 4) is 0 Å². The molecule has 1 aliphatic rings. The highest BCUT2D eigenvalue weighted by Crippen LogP contribution is 2.23. The smallest absolute Gasteiger partial charge is 0.166 e. The number of hydrogen-bond acceptors (Lipinski definition) is 2. The first-order chi connectivity index (χ1) is 6.62. The summed E-state index contributed by atoms with van der Waals surface area (Å²) < 4.78 is 11.3. The van der Waals surface area contributed by atoms with Crippen LogP contribution < -0.4 is 0 Å². The molecule has 0 N–H and O–H groups in total. The number of hydrogen-bond donors (Lipinski definition) is 0. The third-order valence-corrected chi connectivity index (χ3v) is 2.55. The quantitative estimate of drug-likeness (QED) is 0.646. The first-order valence-electron chi connectivity index (χ1n) is 5.55. The summed E-state index contributed by atoms with van der Waals surface area (Å²) in [6.07, 6.45) is 7.46. The van der Waals surface area contributed by atoms with Crippen molar-refractivity contribution >= 4 is 0 Å². The molecule has 0 atom stereocenters. The zero-order valence-corrected chi connectivity index (χ0v) is 9.58. The van der Waals surface area contributed by atoms with Crippen LogP contribution in [0.15, 0.2) is 12.2 Å². The molecule has 0 spiro atoms. The van der Waals surface area contributed by atoms with Gasteiger partial charge in [-0.25, -0.2) is 0 Å². The SMILES string of the molecule is CC(C)CCCC1(C)OCC=CCO1. The van der Waals surface area contributed by atoms with Crippen molar-refractivity contribution in [3.05, 3.63) is 12.2 Å². The molecule has 0 fully saturated rings. The van der Waals surface area contributed by atoms with E-state index in [0.29, 0.717) is 13.2 Å². The van der Waals surface area contributed by atoms with Gasteiger partial charge < -0.3 is 9.47 Å². The van der Waals surface area contributed by atoms with Crippen molar-refractivity contribution in [3.63, 3.8) is 0 Å². The maximum atomic E-state index is 5.66. The lowest BCUT2D eigenvalue weighted by atomic mass is 10.0. The molecule has 82 valence electrons. The molecule has 1 aliphatic heterocycles. The lowest BCUT2D eigenvalue weighted by molar-refractivity contribution is -0.214. The van der Waals surface area contributed by atoms with Crippen molar-refractivity contribution in [2.75, 3.05) is 13.2 Å². The first kappa shape index (κ1) is 11.7. The van der Waals surface area contributed by atoms with Gasteiger partial charge in [-0.15, -0.1) is 0 Å². The molecule has 0 radical (unpaired) electrons. The summed E-state index contributed by atoms with van der Waals surface area (Å²) >= 11 is 0. The average Bonchev–Trinajstić information content (AvgIpc) is 2.30. The molecule has 1 rings (SSSR count). The van der Waals surface area contributed by atoms with Gasteiger partial charge in [0.25, 0.3) is 0 Å². The van der Waals surface area contributed by atoms with E-state index in [4.69, 9.17) is 9.47 Å². The van der Waals surface area contributed by atoms with E-state index in [2.05, 4.69) is 13.8 Å². The Labute approximate surface area is 87.3 Å². The van der Waals surface area contributed by atoms with E-state index in [0.717, 1.165) is 12.3 Å². The van der Waals surface area contributed by atoms with Crippen LogP contribution in [0, 0.1) is 5.92 Å². The molecule has 0 aromatic heterocycles. The predicted octanol–water partition coefficient (Wildman–Crippen LogP) is 3.13. The van der Waals surface area contributed by atoms with Gasteiger partial charge in [0.15, 0.2) is 5.79 Å². The second-order valence-corrected chi connectivity index (χ2v) is 4.51. The second-order valence-electron chi connectivity index (χ2n) is 4.51. The molecule has 0 unspecified atom stereocenters. The van der Waals surface area contributed by atoms with E-state index in [1.807, 2.05) is 19.1 Å². The summed E-state index contributed by atoms with van der Waals surface area (Å²) in [4.78, 5) is 0. The van der Waals surface area contributed by atoms with E-state index in [1.165, 1.54) is 12.8 Å². The fraction of sp³-hybridized carbons (Fsp3) is 0.833. The number of rotatable bonds is 4. The van der Waals surface area contributed by atoms with Gasteiger partial charge in [0.2, 0.25) is 0 Å². The van der Waals surface area contributed by atoms with E-state index in [1.54, 1.807) is 0 Å². The molecule has 1 heterocycles. The van der Waals surface area contributed by atoms with Crippen LogP contribution in [0.2, 0.25) is 0 Å². The third kappa shape index (κ3) is 4.25. The lowest BCUT2D eigenvalue weighted by Crippen LogP contribution is -2.31. The molecule has 0 saturated carbocycles. The van der Waals surface area contributed by atoms with Crippen LogP contribution in [0.4, 0.5) is 0 Å². The van der Waals surface area contributed by atoms with E-state index < -0.39 is 0 Å². The molecule has 0 aromatic carbocycles. The van der Waals surface area contributed by atoms with Gasteiger partial charge in [-0.2, -0.15) is 0 Å². The normalized spacial score (nSPS) is 21.1. The Balaban J connectivity index is 2.26. The standard InChI is InChI=1S/C12H22O2/c1-11(2)7-6-8-12(3)13-9-4-5-10-14-12/h4-5,11H,6-10H2,1-3H3. The third-order valence-electron chi connectivity index (χ3n) is 2.55. The van der Waals surface area contributed by atoms with Crippen LogP contribution in [0.1, 0.15) is 40.0 Å². The van der Waals surface area contributed by atoms with E-state index >= 15 is 0 Å². The molecular formula is C12H22O2. The van der Waals surface area contributed by atoms with Crippen LogP contribution in [0.5, 0.6) is 0 Å². The van der Waals surface area contributed by atoms with Gasteiger partial charge in [0, 0.05) is 6.42 Å². The molecule has 14 heavy (non-hydrogen) atoms. The largest absolute Gasteiger partial charge is 0.346 e. The van der Waals surface area contributed by atoms with E-state index in [9.17, 15) is 0 Å². The minimum absolute atomic E-state index is 0.363. The van der Waals surface area contributed by atoms with Gasteiger partial charge in [0.05, 0.1) is 13.2 Å². The summed E-state index contributed by atoms with van der Waals surface area (Å²) in [5.74, 6) is 0.403. The summed E-state index contributed by atoms with van der Waals surface area (Å²) in [5, 5.41) is 0. The van der Waals surface area contributed by atoms with Crippen molar-refractivity contribution in [1.82, 2.24) is 0 Å². The first-order valence-corrected chi connectivity index (χ1v) is 5.55. The van der Waals surface area contributed by atoms with Crippen molar-refractivity contribution in [2.45, 2.75) is 45.8 Å². The highest BCUT2D eigenvalue weighted by atomic mass is 16.7. The van der Waals surface area contributed by atoms with Crippen LogP contribution in [-0.2, 0) is 9.47 Å². The highest BCUT2D eigenvalue weighted by molar-refractivity contribution is 4.85. The Morgan fingerprint density at radius 1 is 1.21 bits per heavy atom. The van der Waals surface area contributed by atoms with Gasteiger partial charge in [-0.3, -0.25) is 0 Å². The summed E-state index contributed by atoms with van der Waals surface area (Å²) in [6.45, 7) is 7.90. The fourth-order valence-electron chi connectivity index (χ4n) is 1.60. The summed E-state index contributed by atoms with van der Waals surface area (Å²) in [6, 6.07) is 0. The highest BCUT2D eigenvalue weighted by Gasteiger charge is 2.25. The zero-order chi connectivity index (χ0) is 10.4. The Hall–Kier alpha value is -0.340. The van der Waals surface area contributed by atoms with Crippen LogP contribution >= 0.6 is 0 Å². The monoisotopic (exact) mass is 198 g/mol. The Kier molecular flexibility index (Phi) is 4.63. The van der Waals surface area contributed by atoms with E-state index in [-0.39, 0.29) is 5.79 Å². The minimum atomic E-state index is -0.363. The minimum Gasteiger partial charge on any atom is -0.346 e. The molecular weight excluding hydrogens is 176 g/mol. The Bertz CT molecular complexity index is 175. The molecule has 0 aliphatic carbocycles. The van der Waals surface area contributed by atoms with Gasteiger partial charge in [0.1, 0.15) is 0 Å². The molecule has 0 bridgehead atoms. The maximum absolute atomic E-state index is 5.66. The molecule has 0 saturated heterocycles. The van der Waals surface area contributed by atoms with Gasteiger partial charge >= 0.3 is 0 Å². The average molecular weight is 198 g/mol. The Morgan fingerprint density at radius 3 is 2.29 bits per heavy atom. The Morgan fingerprint density at radius 2 is 1.79 bits per heavy atom. The lowest BCUT2D eigenvalue weighted by Gasteiger charge is -2.28.